The number of aryl methyl sites for hydroxylation is 3. The first kappa shape index (κ1) is 31.8. The van der Waals surface area contributed by atoms with Crippen molar-refractivity contribution in [1.82, 2.24) is 0 Å². The van der Waals surface area contributed by atoms with Crippen molar-refractivity contribution in [3.05, 3.63) is 94.6 Å². The van der Waals surface area contributed by atoms with Gasteiger partial charge in [-0.25, -0.2) is 0 Å². The van der Waals surface area contributed by atoms with Crippen molar-refractivity contribution in [3.63, 3.8) is 0 Å². The van der Waals surface area contributed by atoms with Crippen LogP contribution >= 0.6 is 0 Å². The number of hydrogen-bond donors (Lipinski definition) is 1. The van der Waals surface area contributed by atoms with Gasteiger partial charge in [-0.1, -0.05) is 104 Å². The van der Waals surface area contributed by atoms with Crippen LogP contribution < -0.4 is 0 Å². The number of fused-ring (bicyclic) bond motifs is 1. The quantitative estimate of drug-likeness (QED) is 0.176. The summed E-state index contributed by atoms with van der Waals surface area (Å²) in [7, 11) is 0. The van der Waals surface area contributed by atoms with Crippen molar-refractivity contribution in [2.75, 3.05) is 6.61 Å². The summed E-state index contributed by atoms with van der Waals surface area (Å²) in [5.41, 5.74) is 8.68. The van der Waals surface area contributed by atoms with Crippen LogP contribution in [0.3, 0.4) is 0 Å². The van der Waals surface area contributed by atoms with E-state index in [0.29, 0.717) is 17.8 Å². The van der Waals surface area contributed by atoms with Gasteiger partial charge in [-0.2, -0.15) is 0 Å². The van der Waals surface area contributed by atoms with Crippen molar-refractivity contribution in [1.29, 1.82) is 0 Å². The van der Waals surface area contributed by atoms with Crippen LogP contribution in [0.1, 0.15) is 95.2 Å². The van der Waals surface area contributed by atoms with Crippen LogP contribution in [0.15, 0.2) is 78.0 Å². The first-order valence-corrected chi connectivity index (χ1v) is 14.9. The molecule has 0 bridgehead atoms. The molecule has 3 atom stereocenters. The van der Waals surface area contributed by atoms with E-state index in [4.69, 9.17) is 4.79 Å². The van der Waals surface area contributed by atoms with Gasteiger partial charge in [0.25, 0.3) is 0 Å². The van der Waals surface area contributed by atoms with Gasteiger partial charge in [-0.3, -0.25) is 0 Å². The van der Waals surface area contributed by atoms with Gasteiger partial charge in [0.05, 0.1) is 0 Å². The number of aliphatic hydroxyl groups is 1. The molecule has 0 saturated carbocycles. The average molecular weight is 517 g/mol. The minimum absolute atomic E-state index is 0.279. The van der Waals surface area contributed by atoms with E-state index in [1.807, 2.05) is 6.79 Å². The van der Waals surface area contributed by atoms with Crippen molar-refractivity contribution >= 4 is 6.79 Å². The zero-order valence-electron chi connectivity index (χ0n) is 24.4. The Morgan fingerprint density at radius 2 is 1.53 bits per heavy atom. The maximum absolute atomic E-state index is 9.58. The van der Waals surface area contributed by atoms with E-state index in [0.717, 1.165) is 38.5 Å². The number of allylic oxidation sites excluding steroid dienone is 9. The Morgan fingerprint density at radius 3 is 2.13 bits per heavy atom. The predicted octanol–water partition coefficient (Wildman–Crippen LogP) is 9.09. The predicted molar refractivity (Wildman–Crippen MR) is 164 cm³/mol. The molecule has 2 nitrogen and oxygen atoms in total. The smallest absolute Gasteiger partial charge is 0.106 e. The molecule has 0 heterocycles. The van der Waals surface area contributed by atoms with Gasteiger partial charge < -0.3 is 9.90 Å². The minimum atomic E-state index is 0.279. The highest BCUT2D eigenvalue weighted by molar-refractivity contribution is 5.38. The van der Waals surface area contributed by atoms with Gasteiger partial charge in [-0.15, -0.1) is 6.58 Å². The van der Waals surface area contributed by atoms with E-state index >= 15 is 0 Å². The number of carbonyl (C=O) groups is 1. The molecule has 38 heavy (non-hydrogen) atoms. The Kier molecular flexibility index (Phi) is 15.0. The number of aliphatic hydroxyl groups excluding tert-OH is 1. The molecule has 0 aliphatic heterocycles. The van der Waals surface area contributed by atoms with Crippen LogP contribution in [-0.2, 0) is 24.1 Å². The minimum Gasteiger partial charge on any atom is -0.396 e. The zero-order chi connectivity index (χ0) is 27.8. The Labute approximate surface area is 233 Å². The van der Waals surface area contributed by atoms with Crippen molar-refractivity contribution in [2.24, 2.45) is 17.8 Å². The van der Waals surface area contributed by atoms with Gasteiger partial charge in [0, 0.05) is 18.4 Å². The normalized spacial score (nSPS) is 18.6. The van der Waals surface area contributed by atoms with Crippen LogP contribution in [0.2, 0.25) is 0 Å². The standard InChI is InChI=1S/C35H50O.CH2O/c1-5-7-8-11-29-16-20-35-25-30(17-21-34(35)24-29)15-19-33-18-14-28(23-32(33)6-2)12-9-10-13-31(26-36)22-27(3)4;1-2/h14,16-18,20-21,23-25,31,34-36H,3,5-13,15,19,22,26H2,1-2,4H3;1H2. The largest absolute Gasteiger partial charge is 0.396 e. The van der Waals surface area contributed by atoms with E-state index in [2.05, 4.69) is 82.0 Å². The Morgan fingerprint density at radius 1 is 0.868 bits per heavy atom. The summed E-state index contributed by atoms with van der Waals surface area (Å²) in [4.78, 5) is 8.00. The van der Waals surface area contributed by atoms with Gasteiger partial charge >= 0.3 is 0 Å². The first-order valence-electron chi connectivity index (χ1n) is 14.9. The number of benzene rings is 1. The van der Waals surface area contributed by atoms with Gasteiger partial charge in [0.2, 0.25) is 0 Å². The summed E-state index contributed by atoms with van der Waals surface area (Å²) in [5.74, 6) is 1.46. The van der Waals surface area contributed by atoms with Crippen LogP contribution in [0.4, 0.5) is 0 Å². The third kappa shape index (κ3) is 10.7. The van der Waals surface area contributed by atoms with Gasteiger partial charge in [0.15, 0.2) is 0 Å². The number of hydrogen-bond acceptors (Lipinski definition) is 2. The Bertz CT molecular complexity index is 977. The fourth-order valence-electron chi connectivity index (χ4n) is 5.78. The molecular weight excluding hydrogens is 464 g/mol. The molecule has 1 aromatic carbocycles. The molecule has 2 aliphatic carbocycles. The molecule has 0 fully saturated rings. The summed E-state index contributed by atoms with van der Waals surface area (Å²) in [5, 5.41) is 9.58. The lowest BCUT2D eigenvalue weighted by Gasteiger charge is -2.25. The monoisotopic (exact) mass is 516 g/mol. The molecule has 208 valence electrons. The second-order valence-corrected chi connectivity index (χ2v) is 11.2. The van der Waals surface area contributed by atoms with Crippen LogP contribution in [-0.4, -0.2) is 18.5 Å². The molecule has 1 aromatic rings. The fourth-order valence-corrected chi connectivity index (χ4v) is 5.78. The summed E-state index contributed by atoms with van der Waals surface area (Å²) < 4.78 is 0. The molecular formula is C36H52O2. The van der Waals surface area contributed by atoms with Crippen LogP contribution in [0.25, 0.3) is 0 Å². The molecule has 0 amide bonds. The number of carbonyl (C=O) groups excluding carboxylic acids is 1. The lowest BCUT2D eigenvalue weighted by atomic mass is 9.79. The summed E-state index contributed by atoms with van der Waals surface area (Å²) in [6.45, 7) is 12.9. The van der Waals surface area contributed by atoms with Crippen LogP contribution in [0.5, 0.6) is 0 Å². The van der Waals surface area contributed by atoms with Crippen molar-refractivity contribution in [2.45, 2.75) is 97.8 Å². The third-order valence-corrected chi connectivity index (χ3v) is 7.95. The van der Waals surface area contributed by atoms with Gasteiger partial charge in [0.1, 0.15) is 6.79 Å². The third-order valence-electron chi connectivity index (χ3n) is 7.95. The Balaban J connectivity index is 0.00000247. The second-order valence-electron chi connectivity index (χ2n) is 11.2. The fraction of sp³-hybridized carbons (Fsp3) is 0.528. The SMILES string of the molecule is C=C(C)CC(CO)CCCCc1ccc(CCC2=CC3C=CC(CCCCC)=CC3C=C2)c(CC)c1.C=O. The number of unbranched alkanes of at least 4 members (excludes halogenated alkanes) is 3. The highest BCUT2D eigenvalue weighted by Crippen LogP contribution is 2.33. The molecule has 3 unspecified atom stereocenters. The van der Waals surface area contributed by atoms with E-state index in [9.17, 15) is 5.11 Å². The molecule has 1 N–H and O–H groups in total. The van der Waals surface area contributed by atoms with Crippen LogP contribution in [0, 0.1) is 17.8 Å². The van der Waals surface area contributed by atoms with Crippen molar-refractivity contribution < 1.29 is 9.90 Å². The molecule has 2 aliphatic rings. The van der Waals surface area contributed by atoms with Crippen molar-refractivity contribution in [3.8, 4) is 0 Å². The first-order chi connectivity index (χ1) is 18.5. The van der Waals surface area contributed by atoms with E-state index in [1.165, 1.54) is 71.9 Å². The van der Waals surface area contributed by atoms with E-state index < -0.39 is 0 Å². The maximum Gasteiger partial charge on any atom is 0.106 e. The van der Waals surface area contributed by atoms with E-state index in [-0.39, 0.29) is 6.61 Å². The molecule has 0 spiro atoms. The molecule has 2 heteroatoms. The summed E-state index contributed by atoms with van der Waals surface area (Å²) in [6, 6.07) is 7.18. The average Bonchev–Trinajstić information content (AvgIpc) is 2.94. The highest BCUT2D eigenvalue weighted by atomic mass is 16.3. The van der Waals surface area contributed by atoms with Gasteiger partial charge in [-0.05, 0) is 87.3 Å². The van der Waals surface area contributed by atoms with E-state index in [1.54, 1.807) is 0 Å². The second kappa shape index (κ2) is 17.9. The highest BCUT2D eigenvalue weighted by Gasteiger charge is 2.20. The summed E-state index contributed by atoms with van der Waals surface area (Å²) >= 11 is 0. The number of rotatable bonds is 16. The zero-order valence-corrected chi connectivity index (χ0v) is 24.4. The molecule has 3 rings (SSSR count). The summed E-state index contributed by atoms with van der Waals surface area (Å²) in [6.07, 6.45) is 28.7. The molecule has 0 saturated heterocycles. The molecule has 0 aromatic heterocycles. The molecule has 0 radical (unpaired) electrons. The lowest BCUT2D eigenvalue weighted by molar-refractivity contribution is -0.0980. The Hall–Kier alpha value is -2.45. The topological polar surface area (TPSA) is 37.3 Å². The lowest BCUT2D eigenvalue weighted by Crippen LogP contribution is -2.13. The maximum atomic E-state index is 9.58.